The molecule has 0 aliphatic rings. The van der Waals surface area contributed by atoms with Crippen LogP contribution in [0.1, 0.15) is 6.92 Å². The maximum atomic E-state index is 5.26. The molecule has 0 fully saturated rings. The maximum Gasteiger partial charge on any atom is 0.0684 e. The summed E-state index contributed by atoms with van der Waals surface area (Å²) in [5, 5.41) is 2.81. The SMILES string of the molecule is C=CN/C=C(C)\C(=C/N)NN. The molecule has 6 N–H and O–H groups in total. The molecule has 0 radical (unpaired) electrons. The molecule has 11 heavy (non-hydrogen) atoms. The predicted octanol–water partition coefficient (Wildman–Crippen LogP) is -0.113. The number of hydrazine groups is 1. The van der Waals surface area contributed by atoms with Gasteiger partial charge in [-0.15, -0.1) is 0 Å². The van der Waals surface area contributed by atoms with E-state index in [9.17, 15) is 0 Å². The molecule has 0 aliphatic carbocycles. The van der Waals surface area contributed by atoms with Crippen molar-refractivity contribution in [2.24, 2.45) is 11.6 Å². The van der Waals surface area contributed by atoms with Crippen molar-refractivity contribution in [1.29, 1.82) is 0 Å². The zero-order valence-corrected chi connectivity index (χ0v) is 6.59. The number of rotatable bonds is 4. The van der Waals surface area contributed by atoms with Gasteiger partial charge in [0, 0.05) is 12.4 Å². The van der Waals surface area contributed by atoms with Crippen molar-refractivity contribution in [1.82, 2.24) is 10.7 Å². The Kier molecular flexibility index (Phi) is 4.68. The average molecular weight is 154 g/mol. The lowest BCUT2D eigenvalue weighted by Crippen LogP contribution is -2.23. The van der Waals surface area contributed by atoms with Gasteiger partial charge in [-0.1, -0.05) is 6.58 Å². The topological polar surface area (TPSA) is 76.1 Å². The van der Waals surface area contributed by atoms with Gasteiger partial charge in [0.15, 0.2) is 0 Å². The first-order chi connectivity index (χ1) is 5.26. The van der Waals surface area contributed by atoms with Crippen LogP contribution in [0, 0.1) is 0 Å². The van der Waals surface area contributed by atoms with Crippen molar-refractivity contribution >= 4 is 0 Å². The smallest absolute Gasteiger partial charge is 0.0684 e. The van der Waals surface area contributed by atoms with Crippen molar-refractivity contribution in [3.05, 3.63) is 36.4 Å². The standard InChI is InChI=1S/C7H14N4/c1-3-10-5-6(2)7(4-8)11-9/h3-5,10-11H,1,8-9H2,2H3/b6-5-,7-4+. The van der Waals surface area contributed by atoms with E-state index in [1.807, 2.05) is 6.92 Å². The predicted molar refractivity (Wildman–Crippen MR) is 46.7 cm³/mol. The van der Waals surface area contributed by atoms with Gasteiger partial charge in [0.05, 0.1) is 5.70 Å². The first kappa shape index (κ1) is 9.58. The molecule has 4 heteroatoms. The van der Waals surface area contributed by atoms with Gasteiger partial charge in [-0.05, 0) is 18.7 Å². The lowest BCUT2D eigenvalue weighted by Gasteiger charge is -2.04. The highest BCUT2D eigenvalue weighted by Crippen LogP contribution is 2.00. The normalized spacial score (nSPS) is 12.5. The molecule has 0 saturated heterocycles. The zero-order valence-electron chi connectivity index (χ0n) is 6.59. The van der Waals surface area contributed by atoms with Crippen LogP contribution in [0.4, 0.5) is 0 Å². The highest BCUT2D eigenvalue weighted by atomic mass is 15.2. The molecule has 0 rings (SSSR count). The van der Waals surface area contributed by atoms with E-state index in [2.05, 4.69) is 17.3 Å². The van der Waals surface area contributed by atoms with Gasteiger partial charge in [0.25, 0.3) is 0 Å². The van der Waals surface area contributed by atoms with E-state index in [0.717, 1.165) is 5.57 Å². The van der Waals surface area contributed by atoms with Crippen molar-refractivity contribution in [3.8, 4) is 0 Å². The minimum absolute atomic E-state index is 0.680. The number of allylic oxidation sites excluding steroid dienone is 1. The summed E-state index contributed by atoms with van der Waals surface area (Å²) in [5.41, 5.74) is 9.30. The molecule has 62 valence electrons. The van der Waals surface area contributed by atoms with Gasteiger partial charge in [-0.25, -0.2) is 0 Å². The Balaban J connectivity index is 4.19. The minimum Gasteiger partial charge on any atom is -0.403 e. The molecule has 0 aliphatic heterocycles. The molecule has 0 spiro atoms. The van der Waals surface area contributed by atoms with Crippen LogP contribution >= 0.6 is 0 Å². The second-order valence-corrected chi connectivity index (χ2v) is 1.92. The molecule has 0 heterocycles. The van der Waals surface area contributed by atoms with E-state index < -0.39 is 0 Å². The summed E-state index contributed by atoms with van der Waals surface area (Å²) in [5.74, 6) is 5.16. The fraction of sp³-hybridized carbons (Fsp3) is 0.143. The van der Waals surface area contributed by atoms with E-state index in [1.165, 1.54) is 6.20 Å². The molecule has 0 saturated carbocycles. The molecule has 0 aromatic heterocycles. The van der Waals surface area contributed by atoms with E-state index in [4.69, 9.17) is 11.6 Å². The monoisotopic (exact) mass is 154 g/mol. The van der Waals surface area contributed by atoms with Crippen molar-refractivity contribution in [2.45, 2.75) is 6.92 Å². The van der Waals surface area contributed by atoms with E-state index >= 15 is 0 Å². The lowest BCUT2D eigenvalue weighted by atomic mass is 10.2. The van der Waals surface area contributed by atoms with Crippen molar-refractivity contribution in [3.63, 3.8) is 0 Å². The van der Waals surface area contributed by atoms with Crippen LogP contribution in [0.5, 0.6) is 0 Å². The summed E-state index contributed by atoms with van der Waals surface area (Å²) in [7, 11) is 0. The Hall–Kier alpha value is -1.42. The first-order valence-electron chi connectivity index (χ1n) is 3.18. The number of hydrogen-bond acceptors (Lipinski definition) is 4. The van der Waals surface area contributed by atoms with Crippen molar-refractivity contribution in [2.75, 3.05) is 0 Å². The van der Waals surface area contributed by atoms with Crippen LogP contribution < -0.4 is 22.3 Å². The van der Waals surface area contributed by atoms with Gasteiger partial charge < -0.3 is 16.5 Å². The summed E-state index contributed by atoms with van der Waals surface area (Å²) in [6.45, 7) is 5.36. The first-order valence-corrected chi connectivity index (χ1v) is 3.18. The molecular formula is C7H14N4. The highest BCUT2D eigenvalue weighted by molar-refractivity contribution is 5.25. The largest absolute Gasteiger partial charge is 0.403 e. The fourth-order valence-electron chi connectivity index (χ4n) is 0.555. The van der Waals surface area contributed by atoms with E-state index in [0.29, 0.717) is 5.70 Å². The van der Waals surface area contributed by atoms with Gasteiger partial charge in [-0.2, -0.15) is 0 Å². The fourth-order valence-corrected chi connectivity index (χ4v) is 0.555. The average Bonchev–Trinajstić information content (AvgIpc) is 2.03. The third-order valence-corrected chi connectivity index (χ3v) is 1.16. The van der Waals surface area contributed by atoms with Crippen LogP contribution in [0.2, 0.25) is 0 Å². The molecule has 0 atom stereocenters. The third kappa shape index (κ3) is 3.32. The van der Waals surface area contributed by atoms with Crippen LogP contribution in [0.15, 0.2) is 36.4 Å². The molecular weight excluding hydrogens is 140 g/mol. The zero-order chi connectivity index (χ0) is 8.69. The number of nitrogens with one attached hydrogen (secondary N) is 2. The van der Waals surface area contributed by atoms with E-state index in [-0.39, 0.29) is 0 Å². The summed E-state index contributed by atoms with van der Waals surface area (Å²) in [6.07, 6.45) is 4.70. The minimum atomic E-state index is 0.680. The van der Waals surface area contributed by atoms with Crippen LogP contribution in [-0.2, 0) is 0 Å². The van der Waals surface area contributed by atoms with Crippen LogP contribution in [0.25, 0.3) is 0 Å². The van der Waals surface area contributed by atoms with Gasteiger partial charge >= 0.3 is 0 Å². The lowest BCUT2D eigenvalue weighted by molar-refractivity contribution is 0.884. The number of hydrogen-bond donors (Lipinski definition) is 4. The summed E-state index contributed by atoms with van der Waals surface area (Å²) in [4.78, 5) is 0. The Morgan fingerprint density at radius 2 is 2.18 bits per heavy atom. The quantitative estimate of drug-likeness (QED) is 0.259. The van der Waals surface area contributed by atoms with Crippen LogP contribution in [-0.4, -0.2) is 0 Å². The second kappa shape index (κ2) is 5.37. The van der Waals surface area contributed by atoms with Crippen LogP contribution in [0.3, 0.4) is 0 Å². The van der Waals surface area contributed by atoms with E-state index in [1.54, 1.807) is 12.4 Å². The number of nitrogens with two attached hydrogens (primary N) is 2. The van der Waals surface area contributed by atoms with Crippen molar-refractivity contribution < 1.29 is 0 Å². The second-order valence-electron chi connectivity index (χ2n) is 1.92. The molecule has 0 unspecified atom stereocenters. The maximum absolute atomic E-state index is 5.26. The highest BCUT2D eigenvalue weighted by Gasteiger charge is 1.93. The molecule has 0 aromatic carbocycles. The Morgan fingerprint density at radius 3 is 2.55 bits per heavy atom. The summed E-state index contributed by atoms with van der Waals surface area (Å²) < 4.78 is 0. The van der Waals surface area contributed by atoms with Gasteiger partial charge in [0.2, 0.25) is 0 Å². The molecule has 0 aromatic rings. The third-order valence-electron chi connectivity index (χ3n) is 1.16. The van der Waals surface area contributed by atoms with Gasteiger partial charge in [0.1, 0.15) is 0 Å². The Morgan fingerprint density at radius 1 is 1.55 bits per heavy atom. The summed E-state index contributed by atoms with van der Waals surface area (Å²) in [6, 6.07) is 0. The Labute approximate surface area is 66.6 Å². The molecule has 0 amide bonds. The summed E-state index contributed by atoms with van der Waals surface area (Å²) >= 11 is 0. The molecule has 0 bridgehead atoms. The van der Waals surface area contributed by atoms with Gasteiger partial charge in [-0.3, -0.25) is 5.84 Å². The molecule has 4 nitrogen and oxygen atoms in total. The Bertz CT molecular complexity index is 181.